The third-order valence-corrected chi connectivity index (χ3v) is 6.93. The van der Waals surface area contributed by atoms with Gasteiger partial charge >= 0.3 is 0 Å². The number of hydrogen-bond acceptors (Lipinski definition) is 8. The van der Waals surface area contributed by atoms with Gasteiger partial charge in [0.2, 0.25) is 15.8 Å². The van der Waals surface area contributed by atoms with Crippen LogP contribution < -0.4 is 24.3 Å². The SMILES string of the molecule is COc1cc(C(=O)NCCOc2ccc(S(=O)(=O)N3CCOCC3)cc2)cc(OC)c1OC. The van der Waals surface area contributed by atoms with Crippen LogP contribution in [0.1, 0.15) is 10.4 Å². The van der Waals surface area contributed by atoms with Crippen LogP contribution in [0.2, 0.25) is 0 Å². The highest BCUT2D eigenvalue weighted by molar-refractivity contribution is 7.89. The number of hydrogen-bond donors (Lipinski definition) is 1. The molecule has 0 aliphatic carbocycles. The van der Waals surface area contributed by atoms with Crippen molar-refractivity contribution in [3.05, 3.63) is 42.0 Å². The van der Waals surface area contributed by atoms with Crippen molar-refractivity contribution in [3.63, 3.8) is 0 Å². The monoisotopic (exact) mass is 480 g/mol. The summed E-state index contributed by atoms with van der Waals surface area (Å²) in [5.41, 5.74) is 0.349. The molecule has 2 aromatic rings. The van der Waals surface area contributed by atoms with Gasteiger partial charge in [0.05, 0.1) is 46.0 Å². The number of sulfonamides is 1. The Labute approximate surface area is 193 Å². The van der Waals surface area contributed by atoms with Gasteiger partial charge < -0.3 is 29.0 Å². The summed E-state index contributed by atoms with van der Waals surface area (Å²) >= 11 is 0. The Morgan fingerprint density at radius 1 is 1.00 bits per heavy atom. The Balaban J connectivity index is 1.53. The van der Waals surface area contributed by atoms with Crippen molar-refractivity contribution in [2.75, 3.05) is 60.8 Å². The zero-order valence-corrected chi connectivity index (χ0v) is 19.6. The number of carbonyl (C=O) groups is 1. The van der Waals surface area contributed by atoms with Crippen molar-refractivity contribution >= 4 is 15.9 Å². The number of morpholine rings is 1. The first-order chi connectivity index (χ1) is 15.9. The minimum absolute atomic E-state index is 0.200. The van der Waals surface area contributed by atoms with Crippen LogP contribution in [-0.4, -0.2) is 79.4 Å². The molecule has 0 bridgehead atoms. The third-order valence-electron chi connectivity index (χ3n) is 5.01. The van der Waals surface area contributed by atoms with E-state index in [0.29, 0.717) is 54.9 Å². The molecule has 0 unspecified atom stereocenters. The molecule has 0 saturated carbocycles. The second-order valence-electron chi connectivity index (χ2n) is 7.01. The lowest BCUT2D eigenvalue weighted by Crippen LogP contribution is -2.40. The molecule has 1 aliphatic rings. The molecule has 1 heterocycles. The molecule has 180 valence electrons. The van der Waals surface area contributed by atoms with E-state index in [2.05, 4.69) is 5.32 Å². The smallest absolute Gasteiger partial charge is 0.251 e. The maximum Gasteiger partial charge on any atom is 0.251 e. The average molecular weight is 481 g/mol. The van der Waals surface area contributed by atoms with Gasteiger partial charge in [-0.15, -0.1) is 0 Å². The average Bonchev–Trinajstić information content (AvgIpc) is 2.86. The summed E-state index contributed by atoms with van der Waals surface area (Å²) in [6, 6.07) is 9.32. The molecule has 0 aromatic heterocycles. The fourth-order valence-corrected chi connectivity index (χ4v) is 4.70. The molecule has 0 atom stereocenters. The number of nitrogens with zero attached hydrogens (tertiary/aromatic N) is 1. The summed E-state index contributed by atoms with van der Waals surface area (Å²) in [5, 5.41) is 2.76. The van der Waals surface area contributed by atoms with E-state index in [4.69, 9.17) is 23.7 Å². The van der Waals surface area contributed by atoms with Gasteiger partial charge in [0, 0.05) is 18.7 Å². The van der Waals surface area contributed by atoms with E-state index in [1.807, 2.05) is 0 Å². The molecule has 1 aliphatic heterocycles. The van der Waals surface area contributed by atoms with Gasteiger partial charge in [-0.25, -0.2) is 8.42 Å². The highest BCUT2D eigenvalue weighted by Gasteiger charge is 2.26. The van der Waals surface area contributed by atoms with Crippen LogP contribution in [0.15, 0.2) is 41.3 Å². The van der Waals surface area contributed by atoms with E-state index >= 15 is 0 Å². The van der Waals surface area contributed by atoms with Crippen LogP contribution in [0.4, 0.5) is 0 Å². The number of carbonyl (C=O) groups excluding carboxylic acids is 1. The zero-order chi connectivity index (χ0) is 23.8. The van der Waals surface area contributed by atoms with Crippen molar-refractivity contribution in [2.24, 2.45) is 0 Å². The predicted molar refractivity (Wildman–Crippen MR) is 120 cm³/mol. The molecule has 11 heteroatoms. The lowest BCUT2D eigenvalue weighted by molar-refractivity contribution is 0.0730. The predicted octanol–water partition coefficient (Wildman–Crippen LogP) is 1.54. The highest BCUT2D eigenvalue weighted by atomic mass is 32.2. The van der Waals surface area contributed by atoms with Crippen LogP contribution in [0.5, 0.6) is 23.0 Å². The minimum atomic E-state index is -3.55. The van der Waals surface area contributed by atoms with E-state index in [-0.39, 0.29) is 24.0 Å². The summed E-state index contributed by atoms with van der Waals surface area (Å²) in [4.78, 5) is 12.7. The van der Waals surface area contributed by atoms with Gasteiger partial charge in [-0.2, -0.15) is 4.31 Å². The number of rotatable bonds is 10. The Bertz CT molecular complexity index is 1030. The van der Waals surface area contributed by atoms with E-state index < -0.39 is 10.0 Å². The van der Waals surface area contributed by atoms with E-state index in [1.54, 1.807) is 24.3 Å². The van der Waals surface area contributed by atoms with Crippen LogP contribution in [0.3, 0.4) is 0 Å². The zero-order valence-electron chi connectivity index (χ0n) is 18.8. The molecule has 1 N–H and O–H groups in total. The standard InChI is InChI=1S/C22H28N2O8S/c1-28-19-14-16(15-20(29-2)21(19)30-3)22(25)23-8-11-32-17-4-6-18(7-5-17)33(26,27)24-9-12-31-13-10-24/h4-7,14-15H,8-13H2,1-3H3,(H,23,25). The number of benzene rings is 2. The lowest BCUT2D eigenvalue weighted by atomic mass is 10.1. The van der Waals surface area contributed by atoms with Gasteiger partial charge in [-0.05, 0) is 36.4 Å². The molecular formula is C22H28N2O8S. The molecule has 1 amide bonds. The van der Waals surface area contributed by atoms with Crippen LogP contribution >= 0.6 is 0 Å². The summed E-state index contributed by atoms with van der Waals surface area (Å²) in [6.07, 6.45) is 0. The van der Waals surface area contributed by atoms with Crippen LogP contribution in [0.25, 0.3) is 0 Å². The Morgan fingerprint density at radius 3 is 2.15 bits per heavy atom. The van der Waals surface area contributed by atoms with Gasteiger partial charge in [0.1, 0.15) is 12.4 Å². The van der Waals surface area contributed by atoms with Crippen LogP contribution in [0, 0.1) is 0 Å². The molecule has 1 saturated heterocycles. The first kappa shape index (κ1) is 24.6. The molecule has 10 nitrogen and oxygen atoms in total. The second-order valence-corrected chi connectivity index (χ2v) is 8.94. The van der Waals surface area contributed by atoms with Gasteiger partial charge in [0.25, 0.3) is 5.91 Å². The van der Waals surface area contributed by atoms with Crippen molar-refractivity contribution in [1.82, 2.24) is 9.62 Å². The summed E-state index contributed by atoms with van der Waals surface area (Å²) < 4.78 is 53.3. The topological polar surface area (TPSA) is 113 Å². The first-order valence-corrected chi connectivity index (χ1v) is 11.7. The normalized spacial score (nSPS) is 14.4. The van der Waals surface area contributed by atoms with Crippen molar-refractivity contribution < 1.29 is 36.9 Å². The largest absolute Gasteiger partial charge is 0.493 e. The first-order valence-electron chi connectivity index (χ1n) is 10.3. The molecule has 3 rings (SSSR count). The number of amides is 1. The fraction of sp³-hybridized carbons (Fsp3) is 0.409. The highest BCUT2D eigenvalue weighted by Crippen LogP contribution is 2.38. The summed E-state index contributed by atoms with van der Waals surface area (Å²) in [6.45, 7) is 1.90. The van der Waals surface area contributed by atoms with Crippen molar-refractivity contribution in [1.29, 1.82) is 0 Å². The second kappa shape index (κ2) is 11.2. The number of ether oxygens (including phenoxy) is 5. The Hall–Kier alpha value is -3.02. The van der Waals surface area contributed by atoms with E-state index in [9.17, 15) is 13.2 Å². The summed E-state index contributed by atoms with van der Waals surface area (Å²) in [5.74, 6) is 1.33. The maximum absolute atomic E-state index is 12.7. The summed E-state index contributed by atoms with van der Waals surface area (Å²) in [7, 11) is 0.890. The van der Waals surface area contributed by atoms with E-state index in [0.717, 1.165) is 0 Å². The number of nitrogens with one attached hydrogen (secondary N) is 1. The molecule has 1 fully saturated rings. The molecule has 0 radical (unpaired) electrons. The number of methoxy groups -OCH3 is 3. The maximum atomic E-state index is 12.7. The minimum Gasteiger partial charge on any atom is -0.493 e. The Morgan fingerprint density at radius 2 is 1.61 bits per heavy atom. The molecule has 0 spiro atoms. The quantitative estimate of drug-likeness (QED) is 0.510. The van der Waals surface area contributed by atoms with Crippen LogP contribution in [-0.2, 0) is 14.8 Å². The van der Waals surface area contributed by atoms with Gasteiger partial charge in [-0.3, -0.25) is 4.79 Å². The Kier molecular flexibility index (Phi) is 8.37. The molecule has 33 heavy (non-hydrogen) atoms. The molecular weight excluding hydrogens is 452 g/mol. The van der Waals surface area contributed by atoms with Crippen molar-refractivity contribution in [3.8, 4) is 23.0 Å². The van der Waals surface area contributed by atoms with Gasteiger partial charge in [-0.1, -0.05) is 0 Å². The fourth-order valence-electron chi connectivity index (χ4n) is 3.29. The van der Waals surface area contributed by atoms with Crippen molar-refractivity contribution in [2.45, 2.75) is 4.90 Å². The lowest BCUT2D eigenvalue weighted by Gasteiger charge is -2.26. The van der Waals surface area contributed by atoms with E-state index in [1.165, 1.54) is 37.8 Å². The third kappa shape index (κ3) is 5.86. The molecule has 2 aromatic carbocycles. The van der Waals surface area contributed by atoms with Gasteiger partial charge in [0.15, 0.2) is 11.5 Å².